The number of alkyl carbamates (subject to hydrolysis) is 1. The Morgan fingerprint density at radius 3 is 2.55 bits per heavy atom. The van der Waals surface area contributed by atoms with Crippen molar-refractivity contribution in [3.05, 3.63) is 22.7 Å². The molecule has 1 rings (SSSR count). The molecule has 0 aliphatic heterocycles. The second kappa shape index (κ2) is 7.04. The van der Waals surface area contributed by atoms with Gasteiger partial charge in [0.25, 0.3) is 0 Å². The number of phenols is 1. The molecule has 0 saturated carbocycles. The van der Waals surface area contributed by atoms with Crippen molar-refractivity contribution in [3.63, 3.8) is 0 Å². The van der Waals surface area contributed by atoms with Crippen LogP contribution in [0.2, 0.25) is 5.02 Å². The van der Waals surface area contributed by atoms with Crippen molar-refractivity contribution in [1.82, 2.24) is 5.32 Å². The standard InChI is InChI=1S/C14H21ClN2O5/c1-14(2,3)22-13(21)17-6-10(18)12(20)8-4-7(15)5-9(16)11(8)19/h4-5,10,12,18-20H,6,16H2,1-3H3,(H,17,21). The normalized spacial score (nSPS) is 14.3. The fourth-order valence-electron chi connectivity index (χ4n) is 1.69. The van der Waals surface area contributed by atoms with Gasteiger partial charge >= 0.3 is 6.09 Å². The van der Waals surface area contributed by atoms with Gasteiger partial charge in [0, 0.05) is 17.1 Å². The number of aliphatic hydroxyl groups is 2. The van der Waals surface area contributed by atoms with E-state index in [4.69, 9.17) is 22.1 Å². The highest BCUT2D eigenvalue weighted by molar-refractivity contribution is 6.31. The predicted octanol–water partition coefficient (Wildman–Crippen LogP) is 1.55. The van der Waals surface area contributed by atoms with Gasteiger partial charge in [0.2, 0.25) is 0 Å². The molecule has 1 aromatic rings. The maximum Gasteiger partial charge on any atom is 0.407 e. The Hall–Kier alpha value is -1.70. The van der Waals surface area contributed by atoms with Crippen LogP contribution in [-0.4, -0.2) is 39.7 Å². The largest absolute Gasteiger partial charge is 0.505 e. The Morgan fingerprint density at radius 2 is 2.00 bits per heavy atom. The van der Waals surface area contributed by atoms with Crippen molar-refractivity contribution in [2.24, 2.45) is 0 Å². The Kier molecular flexibility index (Phi) is 5.87. The molecule has 2 atom stereocenters. The fourth-order valence-corrected chi connectivity index (χ4v) is 1.92. The summed E-state index contributed by atoms with van der Waals surface area (Å²) in [5.41, 5.74) is 4.82. The molecule has 0 bridgehead atoms. The monoisotopic (exact) mass is 332 g/mol. The van der Waals surface area contributed by atoms with E-state index in [0.29, 0.717) is 0 Å². The van der Waals surface area contributed by atoms with E-state index in [9.17, 15) is 20.1 Å². The zero-order valence-electron chi connectivity index (χ0n) is 12.6. The molecule has 6 N–H and O–H groups in total. The number of benzene rings is 1. The Labute approximate surface area is 133 Å². The number of aromatic hydroxyl groups is 1. The molecule has 2 unspecified atom stereocenters. The summed E-state index contributed by atoms with van der Waals surface area (Å²) in [6.07, 6.45) is -3.58. The smallest absolute Gasteiger partial charge is 0.407 e. The minimum absolute atomic E-state index is 0.0196. The first kappa shape index (κ1) is 18.3. The third-order valence-corrected chi connectivity index (χ3v) is 2.89. The highest BCUT2D eigenvalue weighted by Gasteiger charge is 2.24. The van der Waals surface area contributed by atoms with Gasteiger partial charge in [0.1, 0.15) is 23.6 Å². The minimum atomic E-state index is -1.48. The number of carbonyl (C=O) groups is 1. The van der Waals surface area contributed by atoms with Crippen molar-refractivity contribution in [2.45, 2.75) is 38.6 Å². The van der Waals surface area contributed by atoms with Crippen LogP contribution in [0.15, 0.2) is 12.1 Å². The van der Waals surface area contributed by atoms with Gasteiger partial charge in [0.15, 0.2) is 0 Å². The second-order valence-electron chi connectivity index (χ2n) is 5.83. The number of carbonyl (C=O) groups excluding carboxylic acids is 1. The van der Waals surface area contributed by atoms with Crippen LogP contribution in [-0.2, 0) is 4.74 Å². The summed E-state index contributed by atoms with van der Waals surface area (Å²) in [4.78, 5) is 11.5. The lowest BCUT2D eigenvalue weighted by Crippen LogP contribution is -2.38. The number of rotatable bonds is 4. The first-order valence-electron chi connectivity index (χ1n) is 6.62. The third-order valence-electron chi connectivity index (χ3n) is 2.67. The van der Waals surface area contributed by atoms with E-state index in [1.807, 2.05) is 0 Å². The molecule has 0 fully saturated rings. The average molecular weight is 333 g/mol. The van der Waals surface area contributed by atoms with E-state index < -0.39 is 23.9 Å². The van der Waals surface area contributed by atoms with Gasteiger partial charge < -0.3 is 31.1 Å². The van der Waals surface area contributed by atoms with Crippen LogP contribution in [0.25, 0.3) is 0 Å². The molecule has 0 aromatic heterocycles. The van der Waals surface area contributed by atoms with E-state index in [0.717, 1.165) is 0 Å². The highest BCUT2D eigenvalue weighted by Crippen LogP contribution is 2.34. The van der Waals surface area contributed by atoms with Crippen molar-refractivity contribution in [3.8, 4) is 5.75 Å². The van der Waals surface area contributed by atoms with Crippen LogP contribution < -0.4 is 11.1 Å². The van der Waals surface area contributed by atoms with E-state index in [-0.39, 0.29) is 28.6 Å². The quantitative estimate of drug-likeness (QED) is 0.421. The first-order valence-corrected chi connectivity index (χ1v) is 7.00. The zero-order valence-corrected chi connectivity index (χ0v) is 13.4. The summed E-state index contributed by atoms with van der Waals surface area (Å²) in [5.74, 6) is -0.367. The second-order valence-corrected chi connectivity index (χ2v) is 6.26. The molecule has 0 spiro atoms. The molecule has 0 radical (unpaired) electrons. The molecule has 0 aliphatic rings. The summed E-state index contributed by atoms with van der Waals surface area (Å²) in [7, 11) is 0. The summed E-state index contributed by atoms with van der Waals surface area (Å²) in [5, 5.41) is 32.3. The number of nitrogens with two attached hydrogens (primary N) is 1. The highest BCUT2D eigenvalue weighted by atomic mass is 35.5. The summed E-state index contributed by atoms with van der Waals surface area (Å²) in [6, 6.07) is 2.60. The molecule has 22 heavy (non-hydrogen) atoms. The van der Waals surface area contributed by atoms with E-state index in [1.54, 1.807) is 20.8 Å². The number of nitrogen functional groups attached to an aromatic ring is 1. The van der Waals surface area contributed by atoms with E-state index in [1.165, 1.54) is 12.1 Å². The van der Waals surface area contributed by atoms with Crippen LogP contribution in [0.1, 0.15) is 32.4 Å². The van der Waals surface area contributed by atoms with Crippen molar-refractivity contribution in [2.75, 3.05) is 12.3 Å². The Morgan fingerprint density at radius 1 is 1.41 bits per heavy atom. The van der Waals surface area contributed by atoms with Crippen molar-refractivity contribution >= 4 is 23.4 Å². The predicted molar refractivity (Wildman–Crippen MR) is 82.7 cm³/mol. The number of hydrogen-bond donors (Lipinski definition) is 5. The molecule has 0 heterocycles. The molecular weight excluding hydrogens is 312 g/mol. The van der Waals surface area contributed by atoms with Gasteiger partial charge in [-0.15, -0.1) is 0 Å². The molecule has 8 heteroatoms. The number of nitrogens with one attached hydrogen (secondary N) is 1. The van der Waals surface area contributed by atoms with Crippen LogP contribution in [0.4, 0.5) is 10.5 Å². The van der Waals surface area contributed by atoms with Gasteiger partial charge in [-0.1, -0.05) is 11.6 Å². The maximum absolute atomic E-state index is 11.5. The minimum Gasteiger partial charge on any atom is -0.505 e. The molecule has 1 aromatic carbocycles. The van der Waals surface area contributed by atoms with E-state index in [2.05, 4.69) is 5.32 Å². The van der Waals surface area contributed by atoms with Gasteiger partial charge in [-0.05, 0) is 32.9 Å². The number of hydrogen-bond acceptors (Lipinski definition) is 6. The third kappa shape index (κ3) is 5.25. The average Bonchev–Trinajstić information content (AvgIpc) is 2.37. The topological polar surface area (TPSA) is 125 Å². The van der Waals surface area contributed by atoms with Crippen molar-refractivity contribution < 1.29 is 24.9 Å². The van der Waals surface area contributed by atoms with Crippen LogP contribution in [0, 0.1) is 0 Å². The fraction of sp³-hybridized carbons (Fsp3) is 0.500. The first-order chi connectivity index (χ1) is 10.0. The number of amides is 1. The molecule has 7 nitrogen and oxygen atoms in total. The lowest BCUT2D eigenvalue weighted by Gasteiger charge is -2.23. The maximum atomic E-state index is 11.5. The molecule has 0 saturated heterocycles. The number of phenolic OH excluding ortho intramolecular Hbond substituents is 1. The zero-order chi connectivity index (χ0) is 17.1. The van der Waals surface area contributed by atoms with E-state index >= 15 is 0 Å². The number of halogens is 1. The SMILES string of the molecule is CC(C)(C)OC(=O)NCC(O)C(O)c1cc(Cl)cc(N)c1O. The van der Waals surface area contributed by atoms with Crippen LogP contribution in [0.3, 0.4) is 0 Å². The molecule has 124 valence electrons. The van der Waals surface area contributed by atoms with Gasteiger partial charge in [0.05, 0.1) is 5.69 Å². The Balaban J connectivity index is 2.70. The van der Waals surface area contributed by atoms with Gasteiger partial charge in [-0.2, -0.15) is 0 Å². The summed E-state index contributed by atoms with van der Waals surface area (Å²) >= 11 is 5.80. The Bertz CT molecular complexity index is 545. The molecule has 1 amide bonds. The number of ether oxygens (including phenoxy) is 1. The lowest BCUT2D eigenvalue weighted by atomic mass is 10.0. The van der Waals surface area contributed by atoms with Crippen LogP contribution in [0.5, 0.6) is 5.75 Å². The summed E-state index contributed by atoms with van der Waals surface area (Å²) < 4.78 is 5.00. The molecule has 0 aliphatic carbocycles. The molecular formula is C14H21ClN2O5. The lowest BCUT2D eigenvalue weighted by molar-refractivity contribution is 0.0120. The van der Waals surface area contributed by atoms with Crippen LogP contribution >= 0.6 is 11.6 Å². The number of anilines is 1. The van der Waals surface area contributed by atoms with Crippen molar-refractivity contribution in [1.29, 1.82) is 0 Å². The van der Waals surface area contributed by atoms with Gasteiger partial charge in [-0.25, -0.2) is 4.79 Å². The van der Waals surface area contributed by atoms with Gasteiger partial charge in [-0.3, -0.25) is 0 Å². The number of aliphatic hydroxyl groups excluding tert-OH is 2. The summed E-state index contributed by atoms with van der Waals surface area (Å²) in [6.45, 7) is 4.82.